The molecule has 0 spiro atoms. The van der Waals surface area contributed by atoms with Crippen LogP contribution in [0, 0.1) is 0 Å². The predicted molar refractivity (Wildman–Crippen MR) is 66.1 cm³/mol. The molecule has 2 rings (SSSR count). The van der Waals surface area contributed by atoms with Crippen LogP contribution in [0.5, 0.6) is 0 Å². The fourth-order valence-corrected chi connectivity index (χ4v) is 1.96. The number of likely N-dealkylation sites (N-methyl/N-ethyl adjacent to an activating group) is 1. The summed E-state index contributed by atoms with van der Waals surface area (Å²) in [4.78, 5) is 6.67. The highest BCUT2D eigenvalue weighted by molar-refractivity contribution is 9.10. The minimum absolute atomic E-state index is 0.832. The van der Waals surface area contributed by atoms with Crippen molar-refractivity contribution in [1.29, 1.82) is 0 Å². The van der Waals surface area contributed by atoms with Crippen LogP contribution in [0.4, 0.5) is 5.82 Å². The van der Waals surface area contributed by atoms with Crippen molar-refractivity contribution in [3.63, 3.8) is 0 Å². The smallest absolute Gasteiger partial charge is 0.140 e. The molecule has 4 heteroatoms. The van der Waals surface area contributed by atoms with E-state index in [1.807, 2.05) is 12.1 Å². The summed E-state index contributed by atoms with van der Waals surface area (Å²) in [5.74, 6) is 0.932. The Bertz CT molecular complexity index is 325. The van der Waals surface area contributed by atoms with E-state index in [1.54, 1.807) is 6.20 Å². The van der Waals surface area contributed by atoms with Gasteiger partial charge in [0.05, 0.1) is 4.47 Å². The van der Waals surface area contributed by atoms with Crippen molar-refractivity contribution in [2.24, 2.45) is 0 Å². The molecule has 1 fully saturated rings. The van der Waals surface area contributed by atoms with E-state index in [0.29, 0.717) is 0 Å². The molecule has 0 aromatic carbocycles. The topological polar surface area (TPSA) is 28.2 Å². The van der Waals surface area contributed by atoms with Crippen molar-refractivity contribution >= 4 is 21.7 Å². The number of aromatic nitrogens is 1. The fraction of sp³-hybridized carbons (Fsp3) is 0.545. The third kappa shape index (κ3) is 3.18. The molecule has 1 aromatic rings. The molecule has 0 radical (unpaired) electrons. The molecule has 1 heterocycles. The lowest BCUT2D eigenvalue weighted by Gasteiger charge is -2.16. The van der Waals surface area contributed by atoms with Gasteiger partial charge in [0.15, 0.2) is 0 Å². The number of nitrogens with one attached hydrogen (secondary N) is 1. The molecular weight excluding hydrogens is 254 g/mol. The monoisotopic (exact) mass is 269 g/mol. The zero-order chi connectivity index (χ0) is 10.7. The number of nitrogens with zero attached hydrogens (tertiary/aromatic N) is 2. The lowest BCUT2D eigenvalue weighted by Crippen LogP contribution is -2.27. The van der Waals surface area contributed by atoms with E-state index in [1.165, 1.54) is 12.8 Å². The zero-order valence-corrected chi connectivity index (χ0v) is 10.5. The van der Waals surface area contributed by atoms with Gasteiger partial charge in [-0.25, -0.2) is 4.98 Å². The quantitative estimate of drug-likeness (QED) is 0.890. The van der Waals surface area contributed by atoms with E-state index >= 15 is 0 Å². The van der Waals surface area contributed by atoms with E-state index in [-0.39, 0.29) is 0 Å². The first-order valence-corrected chi connectivity index (χ1v) is 6.11. The molecule has 15 heavy (non-hydrogen) atoms. The van der Waals surface area contributed by atoms with Crippen molar-refractivity contribution < 1.29 is 0 Å². The molecule has 0 aliphatic heterocycles. The first-order valence-electron chi connectivity index (χ1n) is 5.32. The van der Waals surface area contributed by atoms with Crippen LogP contribution >= 0.6 is 15.9 Å². The van der Waals surface area contributed by atoms with Gasteiger partial charge in [-0.1, -0.05) is 0 Å². The molecule has 1 aliphatic rings. The number of anilines is 1. The van der Waals surface area contributed by atoms with E-state index in [4.69, 9.17) is 0 Å². The highest BCUT2D eigenvalue weighted by Crippen LogP contribution is 2.25. The Kier molecular flexibility index (Phi) is 3.59. The number of pyridine rings is 1. The van der Waals surface area contributed by atoms with Crippen LogP contribution in [0.3, 0.4) is 0 Å². The van der Waals surface area contributed by atoms with Crippen molar-refractivity contribution in [2.75, 3.05) is 25.5 Å². The molecule has 0 unspecified atom stereocenters. The van der Waals surface area contributed by atoms with Gasteiger partial charge in [0.1, 0.15) is 5.82 Å². The summed E-state index contributed by atoms with van der Waals surface area (Å²) in [7, 11) is 2.19. The standard InChI is InChI=1S/C11H16BrN3/c1-15(9-4-5-9)8-7-14-11-10(12)3-2-6-13-11/h2-3,6,9H,4-5,7-8H2,1H3,(H,13,14). The third-order valence-corrected chi connectivity index (χ3v) is 3.33. The summed E-state index contributed by atoms with van der Waals surface area (Å²) >= 11 is 3.47. The summed E-state index contributed by atoms with van der Waals surface area (Å²) in [6, 6.07) is 4.75. The maximum absolute atomic E-state index is 4.26. The van der Waals surface area contributed by atoms with Crippen LogP contribution in [0.2, 0.25) is 0 Å². The minimum Gasteiger partial charge on any atom is -0.368 e. The van der Waals surface area contributed by atoms with Gasteiger partial charge in [-0.15, -0.1) is 0 Å². The second-order valence-electron chi connectivity index (χ2n) is 3.97. The molecule has 1 aliphatic carbocycles. The van der Waals surface area contributed by atoms with Crippen molar-refractivity contribution in [3.05, 3.63) is 22.8 Å². The Hall–Kier alpha value is -0.610. The number of hydrogen-bond acceptors (Lipinski definition) is 3. The van der Waals surface area contributed by atoms with Gasteiger partial charge in [-0.05, 0) is 48.0 Å². The summed E-state index contributed by atoms with van der Waals surface area (Å²) < 4.78 is 1.03. The van der Waals surface area contributed by atoms with Gasteiger partial charge in [-0.2, -0.15) is 0 Å². The second-order valence-corrected chi connectivity index (χ2v) is 4.83. The number of hydrogen-bond donors (Lipinski definition) is 1. The highest BCUT2D eigenvalue weighted by atomic mass is 79.9. The summed E-state index contributed by atoms with van der Waals surface area (Å²) in [5.41, 5.74) is 0. The first-order chi connectivity index (χ1) is 7.27. The lowest BCUT2D eigenvalue weighted by atomic mass is 10.4. The summed E-state index contributed by atoms with van der Waals surface area (Å²) in [6.07, 6.45) is 4.53. The van der Waals surface area contributed by atoms with Gasteiger partial charge < -0.3 is 10.2 Å². The maximum atomic E-state index is 4.26. The molecule has 1 saturated carbocycles. The fourth-order valence-electron chi connectivity index (χ4n) is 1.56. The van der Waals surface area contributed by atoms with Crippen LogP contribution < -0.4 is 5.32 Å². The van der Waals surface area contributed by atoms with E-state index in [0.717, 1.165) is 29.4 Å². The average molecular weight is 270 g/mol. The van der Waals surface area contributed by atoms with Crippen LogP contribution in [0.1, 0.15) is 12.8 Å². The predicted octanol–water partition coefficient (Wildman–Crippen LogP) is 2.35. The van der Waals surface area contributed by atoms with Gasteiger partial charge >= 0.3 is 0 Å². The van der Waals surface area contributed by atoms with Crippen molar-refractivity contribution in [3.8, 4) is 0 Å². The van der Waals surface area contributed by atoms with E-state index in [2.05, 4.69) is 38.2 Å². The maximum Gasteiger partial charge on any atom is 0.140 e. The molecule has 0 saturated heterocycles. The molecule has 1 aromatic heterocycles. The highest BCUT2D eigenvalue weighted by Gasteiger charge is 2.25. The molecule has 0 amide bonds. The Morgan fingerprint density at radius 2 is 2.40 bits per heavy atom. The Morgan fingerprint density at radius 3 is 3.07 bits per heavy atom. The Morgan fingerprint density at radius 1 is 1.60 bits per heavy atom. The van der Waals surface area contributed by atoms with E-state index < -0.39 is 0 Å². The van der Waals surface area contributed by atoms with Gasteiger partial charge in [0.25, 0.3) is 0 Å². The molecular formula is C11H16BrN3. The lowest BCUT2D eigenvalue weighted by molar-refractivity contribution is 0.337. The molecule has 3 nitrogen and oxygen atoms in total. The van der Waals surface area contributed by atoms with Crippen LogP contribution in [0.15, 0.2) is 22.8 Å². The molecule has 82 valence electrons. The number of halogens is 1. The average Bonchev–Trinajstić information content (AvgIpc) is 3.04. The third-order valence-electron chi connectivity index (χ3n) is 2.69. The van der Waals surface area contributed by atoms with Crippen LogP contribution in [0.25, 0.3) is 0 Å². The van der Waals surface area contributed by atoms with Crippen LogP contribution in [-0.4, -0.2) is 36.1 Å². The Balaban J connectivity index is 1.75. The SMILES string of the molecule is CN(CCNc1ncccc1Br)C1CC1. The summed E-state index contributed by atoms with van der Waals surface area (Å²) in [6.45, 7) is 2.02. The largest absolute Gasteiger partial charge is 0.368 e. The normalized spacial score (nSPS) is 15.7. The van der Waals surface area contributed by atoms with Crippen LogP contribution in [-0.2, 0) is 0 Å². The molecule has 1 N–H and O–H groups in total. The van der Waals surface area contributed by atoms with Gasteiger partial charge in [0.2, 0.25) is 0 Å². The number of rotatable bonds is 5. The summed E-state index contributed by atoms with van der Waals surface area (Å²) in [5, 5.41) is 3.33. The second kappa shape index (κ2) is 4.94. The van der Waals surface area contributed by atoms with E-state index in [9.17, 15) is 0 Å². The zero-order valence-electron chi connectivity index (χ0n) is 8.91. The molecule has 0 bridgehead atoms. The van der Waals surface area contributed by atoms with Crippen molar-refractivity contribution in [1.82, 2.24) is 9.88 Å². The first kappa shape index (κ1) is 10.9. The van der Waals surface area contributed by atoms with Gasteiger partial charge in [-0.3, -0.25) is 0 Å². The van der Waals surface area contributed by atoms with Gasteiger partial charge in [0, 0.05) is 25.3 Å². The van der Waals surface area contributed by atoms with Crippen molar-refractivity contribution in [2.45, 2.75) is 18.9 Å². The Labute approximate surface area is 99.0 Å². The minimum atomic E-state index is 0.832. The molecule has 0 atom stereocenters.